The number of aromatic nitrogens is 2. The molecule has 0 saturated carbocycles. The van der Waals surface area contributed by atoms with Crippen LogP contribution in [-0.4, -0.2) is 35.0 Å². The van der Waals surface area contributed by atoms with Crippen LogP contribution in [0.5, 0.6) is 0 Å². The van der Waals surface area contributed by atoms with Gasteiger partial charge in [-0.3, -0.25) is 16.0 Å². The molecule has 1 aromatic heterocycles. The van der Waals surface area contributed by atoms with Gasteiger partial charge < -0.3 is 4.74 Å². The first-order valence-electron chi connectivity index (χ1n) is 7.00. The summed E-state index contributed by atoms with van der Waals surface area (Å²) >= 11 is 5.64. The summed E-state index contributed by atoms with van der Waals surface area (Å²) in [5.74, 6) is 9.08. The van der Waals surface area contributed by atoms with Gasteiger partial charge in [-0.05, 0) is 52.6 Å². The van der Waals surface area contributed by atoms with E-state index in [-0.39, 0.29) is 6.04 Å². The van der Waals surface area contributed by atoms with Crippen LogP contribution in [0.15, 0.2) is 10.7 Å². The third kappa shape index (κ3) is 4.21. The molecule has 0 aliphatic carbocycles. The van der Waals surface area contributed by atoms with E-state index < -0.39 is 0 Å². The van der Waals surface area contributed by atoms with Crippen molar-refractivity contribution in [2.45, 2.75) is 31.8 Å². The fourth-order valence-corrected chi connectivity index (χ4v) is 4.43. The maximum absolute atomic E-state index is 5.80. The molecule has 0 bridgehead atoms. The lowest BCUT2D eigenvalue weighted by atomic mass is 9.93. The molecule has 1 aliphatic heterocycles. The molecule has 114 valence electrons. The highest BCUT2D eigenvalue weighted by Crippen LogP contribution is 2.33. The Kier molecular flexibility index (Phi) is 6.83. The first kappa shape index (κ1) is 16.3. The normalized spacial score (nSPS) is 18.4. The number of rotatable bonds is 7. The molecule has 2 rings (SSSR count). The van der Waals surface area contributed by atoms with Gasteiger partial charge in [0.25, 0.3) is 0 Å². The summed E-state index contributed by atoms with van der Waals surface area (Å²) in [6, 6.07) is 0.136. The van der Waals surface area contributed by atoms with Crippen LogP contribution in [-0.2, 0) is 11.3 Å². The number of nitrogens with two attached hydrogens (primary N) is 1. The molecule has 0 aromatic carbocycles. The zero-order chi connectivity index (χ0) is 14.4. The largest absolute Gasteiger partial charge is 0.383 e. The fraction of sp³-hybridized carbons (Fsp3) is 0.769. The summed E-state index contributed by atoms with van der Waals surface area (Å²) < 4.78 is 8.14. The van der Waals surface area contributed by atoms with Gasteiger partial charge >= 0.3 is 0 Å². The van der Waals surface area contributed by atoms with Gasteiger partial charge in [-0.1, -0.05) is 0 Å². The third-order valence-electron chi connectivity index (χ3n) is 3.78. The molecule has 1 unspecified atom stereocenters. The van der Waals surface area contributed by atoms with E-state index in [0.717, 1.165) is 29.1 Å². The summed E-state index contributed by atoms with van der Waals surface area (Å²) in [6.45, 7) is 1.40. The molecule has 2 heterocycles. The van der Waals surface area contributed by atoms with Crippen molar-refractivity contribution >= 4 is 27.7 Å². The topological polar surface area (TPSA) is 65.1 Å². The molecule has 0 radical (unpaired) electrons. The second kappa shape index (κ2) is 8.38. The minimum Gasteiger partial charge on any atom is -0.383 e. The van der Waals surface area contributed by atoms with Crippen LogP contribution in [0.1, 0.15) is 31.0 Å². The van der Waals surface area contributed by atoms with Crippen molar-refractivity contribution < 1.29 is 4.74 Å². The zero-order valence-corrected chi connectivity index (χ0v) is 14.3. The van der Waals surface area contributed by atoms with Crippen LogP contribution in [0.25, 0.3) is 0 Å². The van der Waals surface area contributed by atoms with E-state index in [2.05, 4.69) is 38.2 Å². The van der Waals surface area contributed by atoms with Crippen molar-refractivity contribution in [3.8, 4) is 0 Å². The first-order valence-corrected chi connectivity index (χ1v) is 8.95. The number of hydrogen-bond donors (Lipinski definition) is 2. The standard InChI is InChI=1S/C13H23BrN4OS/c1-19-5-4-18-13(11(14)9-16-18)12(17-15)8-10-2-6-20-7-3-10/h9-10,12,17H,2-8,15H2,1H3. The molecule has 20 heavy (non-hydrogen) atoms. The Morgan fingerprint density at radius 1 is 1.60 bits per heavy atom. The number of hydrogen-bond acceptors (Lipinski definition) is 5. The zero-order valence-electron chi connectivity index (χ0n) is 11.8. The van der Waals surface area contributed by atoms with Gasteiger partial charge in [-0.2, -0.15) is 16.9 Å². The van der Waals surface area contributed by atoms with Crippen LogP contribution < -0.4 is 11.3 Å². The summed E-state index contributed by atoms with van der Waals surface area (Å²) in [5.41, 5.74) is 4.10. The van der Waals surface area contributed by atoms with Crippen LogP contribution >= 0.6 is 27.7 Å². The number of hydrazine groups is 1. The van der Waals surface area contributed by atoms with Crippen molar-refractivity contribution in [3.05, 3.63) is 16.4 Å². The fourth-order valence-electron chi connectivity index (χ4n) is 2.65. The van der Waals surface area contributed by atoms with Gasteiger partial charge in [-0.15, -0.1) is 0 Å². The van der Waals surface area contributed by atoms with Gasteiger partial charge in [0.1, 0.15) is 0 Å². The van der Waals surface area contributed by atoms with Gasteiger partial charge in [0.05, 0.1) is 35.6 Å². The highest BCUT2D eigenvalue weighted by atomic mass is 79.9. The molecule has 5 nitrogen and oxygen atoms in total. The Labute approximate surface area is 133 Å². The summed E-state index contributed by atoms with van der Waals surface area (Å²) in [4.78, 5) is 0. The van der Waals surface area contributed by atoms with Crippen molar-refractivity contribution in [1.82, 2.24) is 15.2 Å². The van der Waals surface area contributed by atoms with Gasteiger partial charge in [0.15, 0.2) is 0 Å². The van der Waals surface area contributed by atoms with E-state index in [0.29, 0.717) is 6.61 Å². The predicted molar refractivity (Wildman–Crippen MR) is 86.5 cm³/mol. The lowest BCUT2D eigenvalue weighted by Gasteiger charge is -2.26. The monoisotopic (exact) mass is 362 g/mol. The predicted octanol–water partition coefficient (Wildman–Crippen LogP) is 2.33. The third-order valence-corrected chi connectivity index (χ3v) is 5.44. The molecule has 0 spiro atoms. The van der Waals surface area contributed by atoms with Gasteiger partial charge in [0.2, 0.25) is 0 Å². The molecule has 7 heteroatoms. The maximum Gasteiger partial charge on any atom is 0.0710 e. The Hall–Kier alpha value is -0.0800. The lowest BCUT2D eigenvalue weighted by Crippen LogP contribution is -2.32. The number of nitrogens with one attached hydrogen (secondary N) is 1. The van der Waals surface area contributed by atoms with Crippen LogP contribution in [0, 0.1) is 5.92 Å². The van der Waals surface area contributed by atoms with Gasteiger partial charge in [0, 0.05) is 7.11 Å². The molecular weight excluding hydrogens is 340 g/mol. The first-order chi connectivity index (χ1) is 9.76. The summed E-state index contributed by atoms with van der Waals surface area (Å²) in [6.07, 6.45) is 5.47. The van der Waals surface area contributed by atoms with E-state index in [4.69, 9.17) is 10.6 Å². The smallest absolute Gasteiger partial charge is 0.0710 e. The van der Waals surface area contributed by atoms with Gasteiger partial charge in [-0.25, -0.2) is 0 Å². The second-order valence-electron chi connectivity index (χ2n) is 5.10. The minimum atomic E-state index is 0.136. The second-order valence-corrected chi connectivity index (χ2v) is 7.18. The van der Waals surface area contributed by atoms with E-state index in [1.54, 1.807) is 7.11 Å². The van der Waals surface area contributed by atoms with Crippen LogP contribution in [0.2, 0.25) is 0 Å². The van der Waals surface area contributed by atoms with E-state index in [1.807, 2.05) is 10.9 Å². The Morgan fingerprint density at radius 2 is 2.35 bits per heavy atom. The Morgan fingerprint density at radius 3 is 3.00 bits per heavy atom. The number of ether oxygens (including phenoxy) is 1. The van der Waals surface area contributed by atoms with E-state index in [1.165, 1.54) is 24.3 Å². The van der Waals surface area contributed by atoms with Crippen molar-refractivity contribution in [2.24, 2.45) is 11.8 Å². The summed E-state index contributed by atoms with van der Waals surface area (Å²) in [7, 11) is 1.70. The minimum absolute atomic E-state index is 0.136. The molecule has 1 aromatic rings. The van der Waals surface area contributed by atoms with Crippen LogP contribution in [0.4, 0.5) is 0 Å². The molecule has 0 amide bonds. The maximum atomic E-state index is 5.80. The molecule has 1 saturated heterocycles. The molecule has 1 atom stereocenters. The Balaban J connectivity index is 2.07. The van der Waals surface area contributed by atoms with Crippen molar-refractivity contribution in [3.63, 3.8) is 0 Å². The number of methoxy groups -OCH3 is 1. The highest BCUT2D eigenvalue weighted by molar-refractivity contribution is 9.10. The average Bonchev–Trinajstić information content (AvgIpc) is 2.84. The quantitative estimate of drug-likeness (QED) is 0.575. The van der Waals surface area contributed by atoms with Crippen molar-refractivity contribution in [1.29, 1.82) is 0 Å². The van der Waals surface area contributed by atoms with E-state index >= 15 is 0 Å². The van der Waals surface area contributed by atoms with Crippen LogP contribution in [0.3, 0.4) is 0 Å². The molecule has 3 N–H and O–H groups in total. The number of halogens is 1. The lowest BCUT2D eigenvalue weighted by molar-refractivity contribution is 0.181. The molecule has 1 fully saturated rings. The van der Waals surface area contributed by atoms with E-state index in [9.17, 15) is 0 Å². The highest BCUT2D eigenvalue weighted by Gasteiger charge is 2.24. The summed E-state index contributed by atoms with van der Waals surface area (Å²) in [5, 5.41) is 4.41. The Bertz CT molecular complexity index is 409. The number of nitrogens with zero attached hydrogens (tertiary/aromatic N) is 2. The molecular formula is C13H23BrN4OS. The van der Waals surface area contributed by atoms with Crippen molar-refractivity contribution in [2.75, 3.05) is 25.2 Å². The average molecular weight is 363 g/mol. The molecule has 1 aliphatic rings. The SMILES string of the molecule is COCCn1ncc(Br)c1C(CC1CCSCC1)NN. The number of thioether (sulfide) groups is 1.